The molecular formula is C16H23N3O3. The molecule has 1 fully saturated rings. The number of carbonyl (C=O) groups is 2. The Balaban J connectivity index is 1.74. The molecule has 6 nitrogen and oxygen atoms in total. The topological polar surface area (TPSA) is 84.1 Å². The molecule has 0 radical (unpaired) electrons. The van der Waals surface area contributed by atoms with E-state index in [2.05, 4.69) is 15.5 Å². The first-order valence-electron chi connectivity index (χ1n) is 8.15. The van der Waals surface area contributed by atoms with Crippen molar-refractivity contribution in [2.75, 3.05) is 7.11 Å². The Labute approximate surface area is 130 Å². The van der Waals surface area contributed by atoms with Gasteiger partial charge < -0.3 is 10.1 Å². The van der Waals surface area contributed by atoms with Crippen LogP contribution in [0.5, 0.6) is 0 Å². The van der Waals surface area contributed by atoms with Gasteiger partial charge in [-0.15, -0.1) is 0 Å². The number of ether oxygens (including phenoxy) is 1. The van der Waals surface area contributed by atoms with E-state index in [0.717, 1.165) is 62.6 Å². The number of aromatic amines is 1. The van der Waals surface area contributed by atoms with Crippen LogP contribution in [-0.2, 0) is 22.4 Å². The fourth-order valence-corrected chi connectivity index (χ4v) is 3.66. The van der Waals surface area contributed by atoms with Crippen molar-refractivity contribution in [3.8, 4) is 0 Å². The van der Waals surface area contributed by atoms with E-state index < -0.39 is 0 Å². The van der Waals surface area contributed by atoms with Crippen LogP contribution in [0.2, 0.25) is 0 Å². The van der Waals surface area contributed by atoms with Crippen LogP contribution in [0.1, 0.15) is 60.3 Å². The molecule has 0 unspecified atom stereocenters. The summed E-state index contributed by atoms with van der Waals surface area (Å²) in [6.45, 7) is 0. The average molecular weight is 305 g/mol. The molecule has 3 rings (SSSR count). The number of nitrogens with one attached hydrogen (secondary N) is 2. The third-order valence-electron chi connectivity index (χ3n) is 4.86. The second kappa shape index (κ2) is 6.50. The van der Waals surface area contributed by atoms with Gasteiger partial charge in [-0.05, 0) is 32.1 Å². The third-order valence-corrected chi connectivity index (χ3v) is 4.86. The van der Waals surface area contributed by atoms with Crippen molar-refractivity contribution < 1.29 is 14.3 Å². The lowest BCUT2D eigenvalue weighted by molar-refractivity contribution is -0.146. The second-order valence-electron chi connectivity index (χ2n) is 6.23. The Morgan fingerprint density at radius 2 is 2.00 bits per heavy atom. The summed E-state index contributed by atoms with van der Waals surface area (Å²) in [4.78, 5) is 24.5. The molecule has 2 N–H and O–H groups in total. The van der Waals surface area contributed by atoms with E-state index in [4.69, 9.17) is 4.74 Å². The number of methoxy groups -OCH3 is 1. The van der Waals surface area contributed by atoms with Crippen molar-refractivity contribution >= 4 is 11.9 Å². The molecule has 0 bridgehead atoms. The smallest absolute Gasteiger partial charge is 0.310 e. The lowest BCUT2D eigenvalue weighted by Gasteiger charge is -2.23. The fraction of sp³-hybridized carbons (Fsp3) is 0.688. The Bertz CT molecular complexity index is 567. The summed E-state index contributed by atoms with van der Waals surface area (Å²) in [5.41, 5.74) is 2.62. The average Bonchev–Trinajstić information content (AvgIpc) is 3.05. The van der Waals surface area contributed by atoms with Crippen molar-refractivity contribution in [3.63, 3.8) is 0 Å². The molecular weight excluding hydrogens is 282 g/mol. The summed E-state index contributed by atoms with van der Waals surface area (Å²) in [5, 5.41) is 10.2. The highest BCUT2D eigenvalue weighted by molar-refractivity contribution is 5.94. The highest BCUT2D eigenvalue weighted by atomic mass is 16.5. The SMILES string of the molecule is COC(=O)[C@@H]1CCCCC[C@H]1NC(=O)c1n[nH]c2c1CCC2. The molecule has 1 heterocycles. The van der Waals surface area contributed by atoms with Crippen LogP contribution in [-0.4, -0.2) is 35.2 Å². The Morgan fingerprint density at radius 1 is 1.18 bits per heavy atom. The summed E-state index contributed by atoms with van der Waals surface area (Å²) in [7, 11) is 1.41. The van der Waals surface area contributed by atoms with E-state index in [9.17, 15) is 9.59 Å². The molecule has 1 aromatic heterocycles. The molecule has 6 heteroatoms. The van der Waals surface area contributed by atoms with Gasteiger partial charge in [0.15, 0.2) is 5.69 Å². The molecule has 0 aliphatic heterocycles. The van der Waals surface area contributed by atoms with Crippen LogP contribution in [0.3, 0.4) is 0 Å². The summed E-state index contributed by atoms with van der Waals surface area (Å²) >= 11 is 0. The first kappa shape index (κ1) is 15.1. The number of fused-ring (bicyclic) bond motifs is 1. The number of H-pyrrole nitrogens is 1. The van der Waals surface area contributed by atoms with E-state index >= 15 is 0 Å². The fourth-order valence-electron chi connectivity index (χ4n) is 3.66. The summed E-state index contributed by atoms with van der Waals surface area (Å²) in [6, 6.07) is -0.156. The molecule has 2 aliphatic carbocycles. The molecule has 2 aliphatic rings. The first-order valence-corrected chi connectivity index (χ1v) is 8.15. The van der Waals surface area contributed by atoms with Crippen LogP contribution in [0.25, 0.3) is 0 Å². The zero-order chi connectivity index (χ0) is 15.5. The minimum Gasteiger partial charge on any atom is -0.469 e. The highest BCUT2D eigenvalue weighted by Crippen LogP contribution is 2.26. The normalized spacial score (nSPS) is 24.4. The molecule has 0 saturated heterocycles. The predicted octanol–water partition coefficient (Wildman–Crippen LogP) is 1.75. The molecule has 2 atom stereocenters. The molecule has 120 valence electrons. The van der Waals surface area contributed by atoms with Crippen LogP contribution in [0.4, 0.5) is 0 Å². The molecule has 1 aromatic rings. The van der Waals surface area contributed by atoms with Crippen LogP contribution in [0, 0.1) is 5.92 Å². The quantitative estimate of drug-likeness (QED) is 0.658. The Kier molecular flexibility index (Phi) is 4.45. The number of amides is 1. The van der Waals surface area contributed by atoms with Gasteiger partial charge in [0, 0.05) is 17.3 Å². The minimum absolute atomic E-state index is 0.156. The van der Waals surface area contributed by atoms with E-state index in [1.165, 1.54) is 7.11 Å². The molecule has 0 aromatic carbocycles. The number of aryl methyl sites for hydroxylation is 1. The van der Waals surface area contributed by atoms with Crippen LogP contribution < -0.4 is 5.32 Å². The van der Waals surface area contributed by atoms with Crippen molar-refractivity contribution in [2.45, 2.75) is 57.4 Å². The third kappa shape index (κ3) is 2.87. The van der Waals surface area contributed by atoms with Gasteiger partial charge in [0.1, 0.15) is 0 Å². The summed E-state index contributed by atoms with van der Waals surface area (Å²) in [5.74, 6) is -0.636. The number of hydrogen-bond acceptors (Lipinski definition) is 4. The monoisotopic (exact) mass is 305 g/mol. The number of nitrogens with zero attached hydrogens (tertiary/aromatic N) is 1. The van der Waals surface area contributed by atoms with Gasteiger partial charge in [-0.3, -0.25) is 14.7 Å². The molecule has 1 amide bonds. The molecule has 22 heavy (non-hydrogen) atoms. The van der Waals surface area contributed by atoms with Gasteiger partial charge in [-0.2, -0.15) is 5.10 Å². The van der Waals surface area contributed by atoms with Gasteiger partial charge in [0.25, 0.3) is 5.91 Å². The summed E-state index contributed by atoms with van der Waals surface area (Å²) in [6.07, 6.45) is 7.65. The van der Waals surface area contributed by atoms with Gasteiger partial charge in [0.2, 0.25) is 0 Å². The van der Waals surface area contributed by atoms with Crippen molar-refractivity contribution in [1.29, 1.82) is 0 Å². The number of hydrogen-bond donors (Lipinski definition) is 2. The standard InChI is InChI=1S/C16H23N3O3/c1-22-16(21)11-6-3-2-4-8-12(11)17-15(20)14-10-7-5-9-13(10)18-19-14/h11-12H,2-9H2,1H3,(H,17,20)(H,18,19)/t11-,12-/m1/s1. The van der Waals surface area contributed by atoms with E-state index in [1.807, 2.05) is 0 Å². The van der Waals surface area contributed by atoms with Crippen molar-refractivity contribution in [3.05, 3.63) is 17.0 Å². The van der Waals surface area contributed by atoms with E-state index in [1.54, 1.807) is 0 Å². The molecule has 0 spiro atoms. The highest BCUT2D eigenvalue weighted by Gasteiger charge is 2.33. The lowest BCUT2D eigenvalue weighted by atomic mass is 9.94. The van der Waals surface area contributed by atoms with E-state index in [-0.39, 0.29) is 23.8 Å². The Hall–Kier alpha value is -1.85. The maximum Gasteiger partial charge on any atom is 0.310 e. The van der Waals surface area contributed by atoms with Crippen LogP contribution >= 0.6 is 0 Å². The predicted molar refractivity (Wildman–Crippen MR) is 80.5 cm³/mol. The number of carbonyl (C=O) groups excluding carboxylic acids is 2. The van der Waals surface area contributed by atoms with Gasteiger partial charge in [-0.25, -0.2) is 0 Å². The largest absolute Gasteiger partial charge is 0.469 e. The second-order valence-corrected chi connectivity index (χ2v) is 6.23. The number of aromatic nitrogens is 2. The maximum atomic E-state index is 12.6. The maximum absolute atomic E-state index is 12.6. The number of rotatable bonds is 3. The van der Waals surface area contributed by atoms with E-state index in [0.29, 0.717) is 5.69 Å². The van der Waals surface area contributed by atoms with Crippen molar-refractivity contribution in [2.24, 2.45) is 5.92 Å². The van der Waals surface area contributed by atoms with Crippen LogP contribution in [0.15, 0.2) is 0 Å². The summed E-state index contributed by atoms with van der Waals surface area (Å²) < 4.78 is 4.91. The first-order chi connectivity index (χ1) is 10.7. The van der Waals surface area contributed by atoms with Gasteiger partial charge in [-0.1, -0.05) is 19.3 Å². The lowest BCUT2D eigenvalue weighted by Crippen LogP contribution is -2.43. The minimum atomic E-state index is -0.247. The zero-order valence-electron chi connectivity index (χ0n) is 13.0. The number of esters is 1. The van der Waals surface area contributed by atoms with Gasteiger partial charge >= 0.3 is 5.97 Å². The molecule has 1 saturated carbocycles. The zero-order valence-corrected chi connectivity index (χ0v) is 13.0. The van der Waals surface area contributed by atoms with Crippen molar-refractivity contribution in [1.82, 2.24) is 15.5 Å². The Morgan fingerprint density at radius 3 is 2.82 bits per heavy atom. The van der Waals surface area contributed by atoms with Gasteiger partial charge in [0.05, 0.1) is 13.0 Å².